The van der Waals surface area contributed by atoms with Crippen LogP contribution in [0.2, 0.25) is 0 Å². The molecule has 1 aromatic heterocycles. The third-order valence-electron chi connectivity index (χ3n) is 3.46. The Hall–Kier alpha value is -2.04. The molecule has 2 aromatic rings. The molecule has 1 heterocycles. The van der Waals surface area contributed by atoms with Crippen molar-refractivity contribution in [3.8, 4) is 5.75 Å². The highest BCUT2D eigenvalue weighted by molar-refractivity contribution is 5.85. The van der Waals surface area contributed by atoms with Gasteiger partial charge < -0.3 is 9.72 Å². The number of aromatic nitrogens is 1. The zero-order valence-corrected chi connectivity index (χ0v) is 13.0. The van der Waals surface area contributed by atoms with Crippen molar-refractivity contribution in [3.63, 3.8) is 0 Å². The molecule has 0 atom stereocenters. The number of nitro groups is 1. The highest BCUT2D eigenvalue weighted by Gasteiger charge is 2.21. The number of benzene rings is 1. The molecular weight excluding hydrogens is 268 g/mol. The molecule has 0 aliphatic carbocycles. The van der Waals surface area contributed by atoms with Gasteiger partial charge in [0, 0.05) is 34.1 Å². The number of fused-ring (bicyclic) bond motifs is 1. The number of H-pyrrole nitrogens is 1. The molecule has 0 amide bonds. The molecule has 114 valence electrons. The van der Waals surface area contributed by atoms with Gasteiger partial charge in [0.15, 0.2) is 5.75 Å². The molecule has 1 N–H and O–H groups in total. The molecule has 0 unspecified atom stereocenters. The molecule has 5 heteroatoms. The Morgan fingerprint density at radius 1 is 1.29 bits per heavy atom. The highest BCUT2D eigenvalue weighted by Crippen LogP contribution is 2.34. The minimum absolute atomic E-state index is 0.0260. The fraction of sp³-hybridized carbons (Fsp3) is 0.500. The van der Waals surface area contributed by atoms with Crippen LogP contribution in [0.5, 0.6) is 5.75 Å². The summed E-state index contributed by atoms with van der Waals surface area (Å²) in [5, 5.41) is 12.1. The molecule has 0 radical (unpaired) electrons. The van der Waals surface area contributed by atoms with Crippen molar-refractivity contribution in [1.29, 1.82) is 0 Å². The second kappa shape index (κ2) is 5.76. The predicted octanol–water partition coefficient (Wildman–Crippen LogP) is 4.55. The van der Waals surface area contributed by atoms with Gasteiger partial charge in [-0.15, -0.1) is 0 Å². The summed E-state index contributed by atoms with van der Waals surface area (Å²) in [6, 6.07) is 5.29. The maximum atomic E-state index is 11.2. The summed E-state index contributed by atoms with van der Waals surface area (Å²) in [6.45, 7) is 8.86. The summed E-state index contributed by atoms with van der Waals surface area (Å²) in [5.74, 6) is 0.336. The van der Waals surface area contributed by atoms with E-state index in [0.29, 0.717) is 12.4 Å². The number of aromatic amines is 1. The SMILES string of the molecule is CCCCOc1cc2[nH]c(C(C)(C)C)cc2cc1[N+](=O)[O-]. The van der Waals surface area contributed by atoms with Crippen molar-refractivity contribution < 1.29 is 9.66 Å². The zero-order chi connectivity index (χ0) is 15.6. The van der Waals surface area contributed by atoms with Crippen LogP contribution < -0.4 is 4.74 Å². The average molecular weight is 290 g/mol. The van der Waals surface area contributed by atoms with Crippen molar-refractivity contribution in [3.05, 3.63) is 34.0 Å². The molecule has 0 spiro atoms. The Morgan fingerprint density at radius 3 is 2.57 bits per heavy atom. The van der Waals surface area contributed by atoms with Crippen LogP contribution in [-0.4, -0.2) is 16.5 Å². The zero-order valence-electron chi connectivity index (χ0n) is 13.0. The summed E-state index contributed by atoms with van der Waals surface area (Å²) in [5.41, 5.74) is 1.92. The number of nitrogens with zero attached hydrogens (tertiary/aromatic N) is 1. The smallest absolute Gasteiger partial charge is 0.311 e. The molecular formula is C16H22N2O3. The van der Waals surface area contributed by atoms with Crippen LogP contribution >= 0.6 is 0 Å². The Labute approximate surface area is 124 Å². The molecule has 0 aliphatic rings. The largest absolute Gasteiger partial charge is 0.487 e. The first-order valence-electron chi connectivity index (χ1n) is 7.27. The van der Waals surface area contributed by atoms with E-state index in [1.54, 1.807) is 12.1 Å². The van der Waals surface area contributed by atoms with Gasteiger partial charge in [0.25, 0.3) is 0 Å². The summed E-state index contributed by atoms with van der Waals surface area (Å²) in [6.07, 6.45) is 1.87. The summed E-state index contributed by atoms with van der Waals surface area (Å²) < 4.78 is 5.58. The molecule has 5 nitrogen and oxygen atoms in total. The van der Waals surface area contributed by atoms with Gasteiger partial charge in [0.2, 0.25) is 0 Å². The monoisotopic (exact) mass is 290 g/mol. The summed E-state index contributed by atoms with van der Waals surface area (Å²) >= 11 is 0. The quantitative estimate of drug-likeness (QED) is 0.499. The van der Waals surface area contributed by atoms with Crippen LogP contribution in [-0.2, 0) is 5.41 Å². The van der Waals surface area contributed by atoms with Crippen molar-refractivity contribution in [2.45, 2.75) is 46.0 Å². The highest BCUT2D eigenvalue weighted by atomic mass is 16.6. The van der Waals surface area contributed by atoms with Gasteiger partial charge >= 0.3 is 5.69 Å². The van der Waals surface area contributed by atoms with Crippen LogP contribution in [0.15, 0.2) is 18.2 Å². The van der Waals surface area contributed by atoms with E-state index in [9.17, 15) is 10.1 Å². The molecule has 0 saturated heterocycles. The minimum atomic E-state index is -0.384. The van der Waals surface area contributed by atoms with E-state index < -0.39 is 0 Å². The van der Waals surface area contributed by atoms with E-state index in [0.717, 1.165) is 29.4 Å². The maximum absolute atomic E-state index is 11.2. The molecule has 0 saturated carbocycles. The lowest BCUT2D eigenvalue weighted by molar-refractivity contribution is -0.385. The minimum Gasteiger partial charge on any atom is -0.487 e. The summed E-state index contributed by atoms with van der Waals surface area (Å²) in [7, 11) is 0. The van der Waals surface area contributed by atoms with Crippen LogP contribution in [0.25, 0.3) is 10.9 Å². The standard InChI is InChI=1S/C16H22N2O3/c1-5-6-7-21-14-10-12-11(8-13(14)18(19)20)9-15(17-12)16(2,3)4/h8-10,17H,5-7H2,1-4H3. The van der Waals surface area contributed by atoms with E-state index >= 15 is 0 Å². The van der Waals surface area contributed by atoms with E-state index in [2.05, 4.69) is 32.7 Å². The van der Waals surface area contributed by atoms with Crippen molar-refractivity contribution >= 4 is 16.6 Å². The van der Waals surface area contributed by atoms with Gasteiger partial charge in [-0.2, -0.15) is 0 Å². The van der Waals surface area contributed by atoms with Crippen molar-refractivity contribution in [2.75, 3.05) is 6.61 Å². The first-order chi connectivity index (χ1) is 9.82. The summed E-state index contributed by atoms with van der Waals surface area (Å²) in [4.78, 5) is 14.2. The Kier molecular flexibility index (Phi) is 4.21. The second-order valence-electron chi connectivity index (χ2n) is 6.30. The number of unbranched alkanes of at least 4 members (excludes halogenated alkanes) is 1. The first kappa shape index (κ1) is 15.4. The van der Waals surface area contributed by atoms with Crippen LogP contribution in [0, 0.1) is 10.1 Å². The Bertz CT molecular complexity index is 653. The van der Waals surface area contributed by atoms with Gasteiger partial charge in [0.1, 0.15) is 0 Å². The van der Waals surface area contributed by atoms with Crippen LogP contribution in [0.3, 0.4) is 0 Å². The third-order valence-corrected chi connectivity index (χ3v) is 3.46. The van der Waals surface area contributed by atoms with Gasteiger partial charge in [-0.05, 0) is 12.5 Å². The Balaban J connectivity index is 2.46. The Morgan fingerprint density at radius 2 is 2.00 bits per heavy atom. The van der Waals surface area contributed by atoms with Gasteiger partial charge in [-0.3, -0.25) is 10.1 Å². The number of hydrogen-bond acceptors (Lipinski definition) is 3. The molecule has 21 heavy (non-hydrogen) atoms. The molecule has 1 aromatic carbocycles. The normalized spacial score (nSPS) is 11.8. The third kappa shape index (κ3) is 3.35. The first-order valence-corrected chi connectivity index (χ1v) is 7.27. The average Bonchev–Trinajstić information content (AvgIpc) is 2.80. The van der Waals surface area contributed by atoms with Crippen LogP contribution in [0.1, 0.15) is 46.2 Å². The number of hydrogen-bond donors (Lipinski definition) is 1. The van der Waals surface area contributed by atoms with Gasteiger partial charge in [-0.1, -0.05) is 34.1 Å². The van der Waals surface area contributed by atoms with E-state index in [1.807, 2.05) is 6.07 Å². The lowest BCUT2D eigenvalue weighted by Crippen LogP contribution is -2.10. The number of nitro benzene ring substituents is 1. The molecule has 0 fully saturated rings. The lowest BCUT2D eigenvalue weighted by atomic mass is 9.92. The predicted molar refractivity (Wildman–Crippen MR) is 84.1 cm³/mol. The fourth-order valence-corrected chi connectivity index (χ4v) is 2.14. The second-order valence-corrected chi connectivity index (χ2v) is 6.30. The number of ether oxygens (including phenoxy) is 1. The van der Waals surface area contributed by atoms with Crippen LogP contribution in [0.4, 0.5) is 5.69 Å². The van der Waals surface area contributed by atoms with E-state index in [-0.39, 0.29) is 16.0 Å². The van der Waals surface area contributed by atoms with E-state index in [4.69, 9.17) is 4.74 Å². The van der Waals surface area contributed by atoms with Crippen molar-refractivity contribution in [1.82, 2.24) is 4.98 Å². The molecule has 0 aliphatic heterocycles. The maximum Gasteiger partial charge on any atom is 0.311 e. The molecule has 2 rings (SSSR count). The van der Waals surface area contributed by atoms with Gasteiger partial charge in [0.05, 0.1) is 11.5 Å². The lowest BCUT2D eigenvalue weighted by Gasteiger charge is -2.15. The van der Waals surface area contributed by atoms with Gasteiger partial charge in [-0.25, -0.2) is 0 Å². The fourth-order valence-electron chi connectivity index (χ4n) is 2.14. The topological polar surface area (TPSA) is 68.2 Å². The van der Waals surface area contributed by atoms with E-state index in [1.165, 1.54) is 0 Å². The van der Waals surface area contributed by atoms with Crippen molar-refractivity contribution in [2.24, 2.45) is 0 Å². The number of rotatable bonds is 5. The number of nitrogens with one attached hydrogen (secondary N) is 1. The molecule has 0 bridgehead atoms.